The summed E-state index contributed by atoms with van der Waals surface area (Å²) < 4.78 is 0. The van der Waals surface area contributed by atoms with Crippen LogP contribution in [0.5, 0.6) is 0 Å². The first-order valence-corrected chi connectivity index (χ1v) is 7.08. The molecular weight excluding hydrogens is 252 g/mol. The summed E-state index contributed by atoms with van der Waals surface area (Å²) in [4.78, 5) is 16.2. The Kier molecular flexibility index (Phi) is 5.32. The maximum absolute atomic E-state index is 12.3. The Morgan fingerprint density at radius 1 is 1.40 bits per heavy atom. The Bertz CT molecular complexity index is 473. The number of aliphatic hydroxyl groups excluding tert-OH is 1. The topological polar surface area (TPSA) is 43.8 Å². The second kappa shape index (κ2) is 7.22. The van der Waals surface area contributed by atoms with Crippen LogP contribution in [0.3, 0.4) is 0 Å². The number of amides is 1. The molecule has 0 aromatic heterocycles. The van der Waals surface area contributed by atoms with E-state index in [9.17, 15) is 4.79 Å². The van der Waals surface area contributed by atoms with E-state index in [1.807, 2.05) is 28.0 Å². The van der Waals surface area contributed by atoms with E-state index in [0.29, 0.717) is 26.1 Å². The lowest BCUT2D eigenvalue weighted by Gasteiger charge is -2.22. The number of hydrogen-bond donors (Lipinski definition) is 1. The molecule has 0 saturated heterocycles. The zero-order valence-corrected chi connectivity index (χ0v) is 11.8. The summed E-state index contributed by atoms with van der Waals surface area (Å²) in [5, 5.41) is 9.00. The van der Waals surface area contributed by atoms with Gasteiger partial charge in [0.05, 0.1) is 6.61 Å². The molecule has 0 atom stereocenters. The van der Waals surface area contributed by atoms with Gasteiger partial charge in [-0.05, 0) is 18.1 Å². The lowest BCUT2D eigenvalue weighted by molar-refractivity contribution is -0.118. The summed E-state index contributed by atoms with van der Waals surface area (Å²) in [6, 6.07) is 8.08. The number of benzene rings is 1. The molecule has 4 heteroatoms. The molecule has 0 radical (unpaired) electrons. The number of carbonyl (C=O) groups is 1. The van der Waals surface area contributed by atoms with Gasteiger partial charge >= 0.3 is 0 Å². The number of anilines is 1. The molecule has 20 heavy (non-hydrogen) atoms. The number of carbonyl (C=O) groups excluding carboxylic acids is 1. The summed E-state index contributed by atoms with van der Waals surface area (Å²) in [5.41, 5.74) is 2.30. The highest BCUT2D eigenvalue weighted by Gasteiger charge is 2.23. The van der Waals surface area contributed by atoms with Gasteiger partial charge in [-0.25, -0.2) is 0 Å². The average Bonchev–Trinajstić information content (AvgIpc) is 2.89. The smallest absolute Gasteiger partial charge is 0.228 e. The van der Waals surface area contributed by atoms with Gasteiger partial charge in [-0.2, -0.15) is 0 Å². The van der Waals surface area contributed by atoms with Crippen molar-refractivity contribution >= 4 is 11.6 Å². The van der Waals surface area contributed by atoms with Crippen molar-refractivity contribution in [2.24, 2.45) is 0 Å². The largest absolute Gasteiger partial charge is 0.395 e. The molecule has 2 rings (SSSR count). The van der Waals surface area contributed by atoms with Gasteiger partial charge in [0, 0.05) is 38.3 Å². The van der Waals surface area contributed by atoms with Crippen molar-refractivity contribution in [1.29, 1.82) is 0 Å². The molecule has 0 spiro atoms. The minimum atomic E-state index is 0.106. The Balaban J connectivity index is 1.91. The highest BCUT2D eigenvalue weighted by molar-refractivity contribution is 5.95. The van der Waals surface area contributed by atoms with Gasteiger partial charge < -0.3 is 10.0 Å². The predicted molar refractivity (Wildman–Crippen MR) is 80.8 cm³/mol. The van der Waals surface area contributed by atoms with E-state index in [1.54, 1.807) is 6.08 Å². The van der Waals surface area contributed by atoms with Gasteiger partial charge in [0.25, 0.3) is 0 Å². The molecular formula is C16H22N2O2. The van der Waals surface area contributed by atoms with Gasteiger partial charge in [-0.1, -0.05) is 24.3 Å². The quantitative estimate of drug-likeness (QED) is 0.765. The van der Waals surface area contributed by atoms with E-state index < -0.39 is 0 Å². The zero-order valence-electron chi connectivity index (χ0n) is 11.8. The SMILES string of the molecule is C=CCN(CCO)CCC(=O)N1CCc2ccccc21. The third kappa shape index (κ3) is 3.46. The Morgan fingerprint density at radius 2 is 2.20 bits per heavy atom. The fourth-order valence-corrected chi connectivity index (χ4v) is 2.60. The van der Waals surface area contributed by atoms with Crippen molar-refractivity contribution in [3.63, 3.8) is 0 Å². The van der Waals surface area contributed by atoms with Gasteiger partial charge in [0.1, 0.15) is 0 Å². The lowest BCUT2D eigenvalue weighted by Crippen LogP contribution is -2.34. The van der Waals surface area contributed by atoms with E-state index in [4.69, 9.17) is 5.11 Å². The van der Waals surface area contributed by atoms with Crippen LogP contribution in [0.1, 0.15) is 12.0 Å². The number of rotatable bonds is 7. The fraction of sp³-hybridized carbons (Fsp3) is 0.438. The van der Waals surface area contributed by atoms with E-state index in [-0.39, 0.29) is 12.5 Å². The van der Waals surface area contributed by atoms with Gasteiger partial charge in [0.2, 0.25) is 5.91 Å². The van der Waals surface area contributed by atoms with Crippen LogP contribution in [0, 0.1) is 0 Å². The van der Waals surface area contributed by atoms with Gasteiger partial charge in [-0.3, -0.25) is 9.69 Å². The normalized spacial score (nSPS) is 13.6. The molecule has 108 valence electrons. The standard InChI is InChI=1S/C16H22N2O2/c1-2-9-17(12-13-19)10-8-16(20)18-11-7-14-5-3-4-6-15(14)18/h2-6,19H,1,7-13H2. The molecule has 1 aromatic rings. The number of para-hydroxylation sites is 1. The van der Waals surface area contributed by atoms with Gasteiger partial charge in [-0.15, -0.1) is 6.58 Å². The molecule has 0 fully saturated rings. The van der Waals surface area contributed by atoms with Crippen molar-refractivity contribution < 1.29 is 9.90 Å². The number of hydrogen-bond acceptors (Lipinski definition) is 3. The molecule has 1 N–H and O–H groups in total. The van der Waals surface area contributed by atoms with Gasteiger partial charge in [0.15, 0.2) is 0 Å². The number of aliphatic hydroxyl groups is 1. The van der Waals surface area contributed by atoms with Crippen molar-refractivity contribution in [3.8, 4) is 0 Å². The third-order valence-electron chi connectivity index (χ3n) is 3.63. The maximum atomic E-state index is 12.3. The Hall–Kier alpha value is -1.65. The molecule has 1 amide bonds. The van der Waals surface area contributed by atoms with E-state index >= 15 is 0 Å². The second-order valence-corrected chi connectivity index (χ2v) is 4.99. The lowest BCUT2D eigenvalue weighted by atomic mass is 10.2. The molecule has 4 nitrogen and oxygen atoms in total. The monoisotopic (exact) mass is 274 g/mol. The van der Waals surface area contributed by atoms with Crippen LogP contribution in [0.4, 0.5) is 5.69 Å². The third-order valence-corrected chi connectivity index (χ3v) is 3.63. The van der Waals surface area contributed by atoms with Crippen molar-refractivity contribution in [2.75, 3.05) is 37.7 Å². The summed E-state index contributed by atoms with van der Waals surface area (Å²) in [6.07, 6.45) is 3.21. The van der Waals surface area contributed by atoms with E-state index in [0.717, 1.165) is 18.7 Å². The highest BCUT2D eigenvalue weighted by atomic mass is 16.3. The first-order valence-electron chi connectivity index (χ1n) is 7.08. The van der Waals surface area contributed by atoms with Crippen LogP contribution >= 0.6 is 0 Å². The Morgan fingerprint density at radius 3 is 2.95 bits per heavy atom. The molecule has 1 aromatic carbocycles. The second-order valence-electron chi connectivity index (χ2n) is 4.99. The summed E-state index contributed by atoms with van der Waals surface area (Å²) in [6.45, 7) is 6.52. The maximum Gasteiger partial charge on any atom is 0.228 e. The molecule has 0 saturated carbocycles. The molecule has 1 aliphatic rings. The minimum absolute atomic E-state index is 0.106. The van der Waals surface area contributed by atoms with Crippen molar-refractivity contribution in [2.45, 2.75) is 12.8 Å². The summed E-state index contributed by atoms with van der Waals surface area (Å²) in [5.74, 6) is 0.155. The van der Waals surface area contributed by atoms with Crippen LogP contribution in [0.25, 0.3) is 0 Å². The Labute approximate surface area is 120 Å². The van der Waals surface area contributed by atoms with Crippen LogP contribution in [0.2, 0.25) is 0 Å². The van der Waals surface area contributed by atoms with Crippen LogP contribution < -0.4 is 4.90 Å². The molecule has 0 bridgehead atoms. The molecule has 1 aliphatic heterocycles. The van der Waals surface area contributed by atoms with Crippen LogP contribution in [0.15, 0.2) is 36.9 Å². The number of nitrogens with zero attached hydrogens (tertiary/aromatic N) is 2. The number of fused-ring (bicyclic) bond motifs is 1. The fourth-order valence-electron chi connectivity index (χ4n) is 2.60. The first kappa shape index (κ1) is 14.8. The first-order chi connectivity index (χ1) is 9.76. The van der Waals surface area contributed by atoms with Crippen molar-refractivity contribution in [3.05, 3.63) is 42.5 Å². The van der Waals surface area contributed by atoms with Crippen LogP contribution in [-0.2, 0) is 11.2 Å². The molecule has 0 unspecified atom stereocenters. The minimum Gasteiger partial charge on any atom is -0.395 e. The zero-order chi connectivity index (χ0) is 14.4. The molecule has 0 aliphatic carbocycles. The molecule has 1 heterocycles. The van der Waals surface area contributed by atoms with Crippen LogP contribution in [-0.4, -0.2) is 48.7 Å². The van der Waals surface area contributed by atoms with Crippen molar-refractivity contribution in [1.82, 2.24) is 4.90 Å². The average molecular weight is 274 g/mol. The summed E-state index contributed by atoms with van der Waals surface area (Å²) >= 11 is 0. The van der Waals surface area contributed by atoms with E-state index in [2.05, 4.69) is 12.6 Å². The van der Waals surface area contributed by atoms with E-state index in [1.165, 1.54) is 5.56 Å². The summed E-state index contributed by atoms with van der Waals surface area (Å²) in [7, 11) is 0. The predicted octanol–water partition coefficient (Wildman–Crippen LogP) is 1.45. The highest BCUT2D eigenvalue weighted by Crippen LogP contribution is 2.27.